The molecule has 0 bridgehead atoms. The van der Waals surface area contributed by atoms with Crippen molar-refractivity contribution in [3.8, 4) is 17.2 Å². The molecule has 0 spiro atoms. The molecule has 1 aromatic carbocycles. The van der Waals surface area contributed by atoms with Crippen LogP contribution in [0.15, 0.2) is 58.2 Å². The molecule has 8 nitrogen and oxygen atoms in total. The topological polar surface area (TPSA) is 98.4 Å². The van der Waals surface area contributed by atoms with Crippen molar-refractivity contribution in [2.75, 3.05) is 20.2 Å². The summed E-state index contributed by atoms with van der Waals surface area (Å²) < 4.78 is 38.2. The van der Waals surface area contributed by atoms with Crippen molar-refractivity contribution in [1.29, 1.82) is 0 Å². The van der Waals surface area contributed by atoms with Gasteiger partial charge in [0.05, 0.1) is 12.0 Å². The molecule has 0 saturated carbocycles. The van der Waals surface area contributed by atoms with Crippen LogP contribution in [-0.2, 0) is 16.4 Å². The number of hydrogen-bond donors (Lipinski definition) is 0. The Morgan fingerprint density at radius 3 is 2.87 bits per heavy atom. The minimum absolute atomic E-state index is 0.252. The predicted octanol–water partition coefficient (Wildman–Crippen LogP) is 3.17. The lowest BCUT2D eigenvalue weighted by molar-refractivity contribution is 0.254. The third kappa shape index (κ3) is 4.52. The smallest absolute Gasteiger partial charge is 0.258 e. The third-order valence-electron chi connectivity index (χ3n) is 5.33. The molecule has 0 radical (unpaired) electrons. The maximum atomic E-state index is 13.1. The summed E-state index contributed by atoms with van der Waals surface area (Å²) in [5, 5.41) is 4.06. The van der Waals surface area contributed by atoms with Gasteiger partial charge in [0.2, 0.25) is 10.0 Å². The summed E-state index contributed by atoms with van der Waals surface area (Å²) in [5.41, 5.74) is 0.831. The number of benzene rings is 1. The first kappa shape index (κ1) is 20.5. The van der Waals surface area contributed by atoms with Gasteiger partial charge in [-0.3, -0.25) is 4.98 Å². The van der Waals surface area contributed by atoms with Crippen LogP contribution >= 0.6 is 0 Å². The number of methoxy groups -OCH3 is 1. The van der Waals surface area contributed by atoms with E-state index in [0.717, 1.165) is 24.8 Å². The minimum Gasteiger partial charge on any atom is -0.497 e. The van der Waals surface area contributed by atoms with E-state index < -0.39 is 10.0 Å². The molecule has 1 fully saturated rings. The largest absolute Gasteiger partial charge is 0.497 e. The van der Waals surface area contributed by atoms with Gasteiger partial charge < -0.3 is 9.26 Å². The van der Waals surface area contributed by atoms with Gasteiger partial charge in [-0.2, -0.15) is 9.29 Å². The highest BCUT2D eigenvalue weighted by Crippen LogP contribution is 2.28. The fraction of sp³-hybridized carbons (Fsp3) is 0.381. The van der Waals surface area contributed by atoms with E-state index in [1.165, 1.54) is 7.11 Å². The second-order valence-electron chi connectivity index (χ2n) is 7.34. The summed E-state index contributed by atoms with van der Waals surface area (Å²) in [6.07, 6.45) is 6.63. The van der Waals surface area contributed by atoms with Gasteiger partial charge in [-0.15, -0.1) is 0 Å². The molecule has 30 heavy (non-hydrogen) atoms. The summed E-state index contributed by atoms with van der Waals surface area (Å²) in [7, 11) is -2.02. The van der Waals surface area contributed by atoms with Crippen LogP contribution in [-0.4, -0.2) is 48.0 Å². The maximum Gasteiger partial charge on any atom is 0.258 e. The Morgan fingerprint density at radius 2 is 2.07 bits per heavy atom. The number of rotatable bonds is 7. The first-order chi connectivity index (χ1) is 14.6. The molecule has 1 aliphatic rings. The number of nitrogens with zero attached hydrogens (tertiary/aromatic N) is 4. The fourth-order valence-electron chi connectivity index (χ4n) is 3.69. The summed E-state index contributed by atoms with van der Waals surface area (Å²) in [6.45, 7) is 1.03. The molecule has 0 N–H and O–H groups in total. The van der Waals surface area contributed by atoms with Gasteiger partial charge in [0.25, 0.3) is 5.89 Å². The van der Waals surface area contributed by atoms with Crippen LogP contribution in [0, 0.1) is 5.92 Å². The number of pyridine rings is 1. The Kier molecular flexibility index (Phi) is 6.10. The van der Waals surface area contributed by atoms with Crippen molar-refractivity contribution in [1.82, 2.24) is 19.4 Å². The lowest BCUT2D eigenvalue weighted by Crippen LogP contribution is -2.40. The number of ether oxygens (including phenoxy) is 1. The van der Waals surface area contributed by atoms with Gasteiger partial charge in [-0.05, 0) is 49.4 Å². The maximum absolute atomic E-state index is 13.1. The van der Waals surface area contributed by atoms with E-state index >= 15 is 0 Å². The molecule has 158 valence electrons. The predicted molar refractivity (Wildman–Crippen MR) is 110 cm³/mol. The lowest BCUT2D eigenvalue weighted by atomic mass is 9.94. The van der Waals surface area contributed by atoms with E-state index in [4.69, 9.17) is 9.26 Å². The van der Waals surface area contributed by atoms with Crippen molar-refractivity contribution < 1.29 is 17.7 Å². The highest BCUT2D eigenvalue weighted by molar-refractivity contribution is 7.89. The van der Waals surface area contributed by atoms with E-state index in [0.29, 0.717) is 37.0 Å². The molecule has 4 rings (SSSR count). The van der Waals surface area contributed by atoms with Gasteiger partial charge in [-0.25, -0.2) is 8.42 Å². The van der Waals surface area contributed by atoms with Crippen LogP contribution < -0.4 is 4.74 Å². The van der Waals surface area contributed by atoms with Crippen molar-refractivity contribution in [3.05, 3.63) is 54.6 Å². The number of sulfonamides is 1. The Hall–Kier alpha value is -2.78. The molecular weight excluding hydrogens is 404 g/mol. The van der Waals surface area contributed by atoms with Crippen LogP contribution in [0.1, 0.15) is 25.1 Å². The van der Waals surface area contributed by atoms with Gasteiger partial charge in [0.1, 0.15) is 5.75 Å². The average molecular weight is 429 g/mol. The molecule has 1 atom stereocenters. The van der Waals surface area contributed by atoms with Crippen LogP contribution in [0.2, 0.25) is 0 Å². The first-order valence-corrected chi connectivity index (χ1v) is 11.4. The summed E-state index contributed by atoms with van der Waals surface area (Å²) in [5.74, 6) is 1.89. The Labute approximate surface area is 175 Å². The van der Waals surface area contributed by atoms with Gasteiger partial charge in [0.15, 0.2) is 5.82 Å². The van der Waals surface area contributed by atoms with E-state index in [9.17, 15) is 8.42 Å². The average Bonchev–Trinajstić information content (AvgIpc) is 3.28. The summed E-state index contributed by atoms with van der Waals surface area (Å²) >= 11 is 0. The molecule has 1 unspecified atom stereocenters. The number of hydrogen-bond acceptors (Lipinski definition) is 7. The Balaban J connectivity index is 1.39. The minimum atomic E-state index is -3.54. The zero-order valence-electron chi connectivity index (χ0n) is 16.8. The second kappa shape index (κ2) is 8.93. The zero-order valence-corrected chi connectivity index (χ0v) is 17.6. The standard InChI is InChI=1S/C21H24N4O4S/c1-28-18-5-2-6-19(14-18)30(26,27)25-13-3-4-16(15-25)7-8-20-23-21(29-24-20)17-9-11-22-12-10-17/h2,5-6,9-12,14,16H,3-4,7-8,13,15H2,1H3. The molecule has 0 aliphatic carbocycles. The van der Waals surface area contributed by atoms with E-state index in [1.807, 2.05) is 12.1 Å². The van der Waals surface area contributed by atoms with Crippen molar-refractivity contribution in [2.45, 2.75) is 30.6 Å². The van der Waals surface area contributed by atoms with Gasteiger partial charge >= 0.3 is 0 Å². The quantitative estimate of drug-likeness (QED) is 0.570. The van der Waals surface area contributed by atoms with Crippen molar-refractivity contribution >= 4 is 10.0 Å². The first-order valence-electron chi connectivity index (χ1n) is 9.93. The molecule has 0 amide bonds. The van der Waals surface area contributed by atoms with Gasteiger partial charge in [-0.1, -0.05) is 11.2 Å². The Bertz CT molecular complexity index is 1090. The van der Waals surface area contributed by atoms with Crippen molar-refractivity contribution in [2.24, 2.45) is 5.92 Å². The molecule has 2 aromatic heterocycles. The van der Waals surface area contributed by atoms with E-state index in [1.54, 1.807) is 41.0 Å². The van der Waals surface area contributed by atoms with Crippen LogP contribution in [0.4, 0.5) is 0 Å². The van der Waals surface area contributed by atoms with Gasteiger partial charge in [0, 0.05) is 43.5 Å². The third-order valence-corrected chi connectivity index (χ3v) is 7.19. The lowest BCUT2D eigenvalue weighted by Gasteiger charge is -2.31. The van der Waals surface area contributed by atoms with Crippen LogP contribution in [0.5, 0.6) is 5.75 Å². The molecule has 1 aliphatic heterocycles. The Morgan fingerprint density at radius 1 is 1.23 bits per heavy atom. The molecule has 1 saturated heterocycles. The summed E-state index contributed by atoms with van der Waals surface area (Å²) in [6, 6.07) is 10.3. The highest BCUT2D eigenvalue weighted by atomic mass is 32.2. The van der Waals surface area contributed by atoms with Crippen LogP contribution in [0.3, 0.4) is 0 Å². The number of aromatic nitrogens is 3. The highest BCUT2D eigenvalue weighted by Gasteiger charge is 2.30. The normalized spacial score (nSPS) is 17.7. The monoisotopic (exact) mass is 428 g/mol. The van der Waals surface area contributed by atoms with Crippen molar-refractivity contribution in [3.63, 3.8) is 0 Å². The molecule has 9 heteroatoms. The molecule has 3 heterocycles. The zero-order chi connectivity index (χ0) is 21.0. The molecule has 3 aromatic rings. The summed E-state index contributed by atoms with van der Waals surface area (Å²) in [4.78, 5) is 8.70. The van der Waals surface area contributed by atoms with E-state index in [2.05, 4.69) is 15.1 Å². The number of aryl methyl sites for hydroxylation is 1. The van der Waals surface area contributed by atoms with E-state index in [-0.39, 0.29) is 10.8 Å². The SMILES string of the molecule is COc1cccc(S(=O)(=O)N2CCCC(CCc3noc(-c4ccncc4)n3)C2)c1. The second-order valence-corrected chi connectivity index (χ2v) is 9.28. The number of piperidine rings is 1. The molecular formula is C21H24N4O4S. The van der Waals surface area contributed by atoms with Crippen LogP contribution in [0.25, 0.3) is 11.5 Å². The fourth-order valence-corrected chi connectivity index (χ4v) is 5.28.